The molecule has 0 saturated carbocycles. The quantitative estimate of drug-likeness (QED) is 0.0578. The zero-order valence-corrected chi connectivity index (χ0v) is 40.2. The summed E-state index contributed by atoms with van der Waals surface area (Å²) < 4.78 is 0. The van der Waals surface area contributed by atoms with Gasteiger partial charge in [0.1, 0.15) is 24.2 Å². The Morgan fingerprint density at radius 1 is 0.761 bits per heavy atom. The number of H-pyrrole nitrogens is 2. The number of benzene rings is 2. The SMILES string of the molecule is CC(=O)NCC(=O)NC1CC(=O)NCCCCC(C(N)=O)NC(=O)CNC(=O)CNC(=O)C(Cc2ccccc2)NC(=O)[C@H](Cc2cnc[nH]2)NC1=O.CCCN=C(N)N.CCc1c[nH]c2ccccc12. The summed E-state index contributed by atoms with van der Waals surface area (Å²) in [6, 6.07) is 11.8. The van der Waals surface area contributed by atoms with E-state index in [2.05, 4.69) is 99.9 Å². The van der Waals surface area contributed by atoms with Gasteiger partial charge in [0, 0.05) is 61.8 Å². The van der Waals surface area contributed by atoms with Crippen molar-refractivity contribution < 1.29 is 43.2 Å². The van der Waals surface area contributed by atoms with Crippen molar-refractivity contribution in [1.29, 1.82) is 0 Å². The molecular formula is C47H67N15O9. The van der Waals surface area contributed by atoms with Crippen LogP contribution in [0.4, 0.5) is 0 Å². The number of primary amides is 1. The maximum absolute atomic E-state index is 13.8. The predicted octanol–water partition coefficient (Wildman–Crippen LogP) is -1.92. The molecule has 2 aromatic heterocycles. The van der Waals surface area contributed by atoms with Crippen LogP contribution in [-0.2, 0) is 62.4 Å². The molecule has 1 fully saturated rings. The molecule has 0 spiro atoms. The summed E-state index contributed by atoms with van der Waals surface area (Å²) in [5.74, 6) is -6.52. The van der Waals surface area contributed by atoms with Crippen molar-refractivity contribution >= 4 is 70.0 Å². The van der Waals surface area contributed by atoms with E-state index in [0.717, 1.165) is 19.4 Å². The number of nitrogens with zero attached hydrogens (tertiary/aromatic N) is 2. The molecule has 9 amide bonds. The van der Waals surface area contributed by atoms with Crippen molar-refractivity contribution in [2.45, 2.75) is 96.3 Å². The lowest BCUT2D eigenvalue weighted by molar-refractivity contribution is -0.135. The summed E-state index contributed by atoms with van der Waals surface area (Å²) in [5, 5.41) is 21.1. The lowest BCUT2D eigenvalue weighted by Gasteiger charge is -2.25. The molecule has 0 radical (unpaired) electrons. The van der Waals surface area contributed by atoms with Gasteiger partial charge in [0.2, 0.25) is 53.2 Å². The molecule has 1 aliphatic heterocycles. The molecule has 24 heteroatoms. The first-order valence-corrected chi connectivity index (χ1v) is 23.1. The van der Waals surface area contributed by atoms with Gasteiger partial charge >= 0.3 is 0 Å². The van der Waals surface area contributed by atoms with Crippen LogP contribution in [0.25, 0.3) is 10.9 Å². The molecule has 2 aromatic carbocycles. The van der Waals surface area contributed by atoms with E-state index in [0.29, 0.717) is 24.1 Å². The van der Waals surface area contributed by atoms with Crippen LogP contribution in [0.3, 0.4) is 0 Å². The van der Waals surface area contributed by atoms with Crippen LogP contribution in [-0.4, -0.2) is 131 Å². The average Bonchev–Trinajstić information content (AvgIpc) is 4.03. The summed E-state index contributed by atoms with van der Waals surface area (Å²) >= 11 is 0. The molecule has 0 bridgehead atoms. The molecule has 3 heterocycles. The first-order valence-electron chi connectivity index (χ1n) is 23.1. The minimum absolute atomic E-state index is 0.0241. The van der Waals surface area contributed by atoms with Crippen LogP contribution < -0.4 is 59.7 Å². The molecule has 71 heavy (non-hydrogen) atoms. The van der Waals surface area contributed by atoms with Crippen molar-refractivity contribution in [2.24, 2.45) is 22.2 Å². The molecule has 1 saturated heterocycles. The highest BCUT2D eigenvalue weighted by Gasteiger charge is 2.32. The summed E-state index contributed by atoms with van der Waals surface area (Å²) in [5.41, 5.74) is 19.2. The molecule has 0 aliphatic carbocycles. The number of imidazole rings is 1. The number of nitrogens with two attached hydrogens (primary N) is 3. The summed E-state index contributed by atoms with van der Waals surface area (Å²) in [4.78, 5) is 129. The molecule has 16 N–H and O–H groups in total. The first kappa shape index (κ1) is 57.0. The number of hydrogen-bond acceptors (Lipinski definition) is 11. The van der Waals surface area contributed by atoms with Gasteiger partial charge in [-0.05, 0) is 49.3 Å². The Morgan fingerprint density at radius 3 is 2.10 bits per heavy atom. The highest BCUT2D eigenvalue weighted by Crippen LogP contribution is 2.17. The van der Waals surface area contributed by atoms with Crippen LogP contribution >= 0.6 is 0 Å². The number of fused-ring (bicyclic) bond motifs is 1. The normalized spacial score (nSPS) is 18.6. The Balaban J connectivity index is 0.000000611. The minimum Gasteiger partial charge on any atom is -0.370 e. The molecule has 24 nitrogen and oxygen atoms in total. The summed E-state index contributed by atoms with van der Waals surface area (Å²) in [7, 11) is 0. The Kier molecular flexibility index (Phi) is 24.8. The van der Waals surface area contributed by atoms with Crippen LogP contribution in [0.2, 0.25) is 0 Å². The van der Waals surface area contributed by atoms with Gasteiger partial charge in [0.25, 0.3) is 0 Å². The number of aryl methyl sites for hydroxylation is 1. The fraction of sp³-hybridized carbons (Fsp3) is 0.426. The van der Waals surface area contributed by atoms with Gasteiger partial charge in [-0.25, -0.2) is 4.98 Å². The van der Waals surface area contributed by atoms with E-state index in [4.69, 9.17) is 17.2 Å². The maximum Gasteiger partial charge on any atom is 0.243 e. The Labute approximate surface area is 411 Å². The lowest BCUT2D eigenvalue weighted by atomic mass is 10.0. The van der Waals surface area contributed by atoms with Crippen molar-refractivity contribution in [3.8, 4) is 0 Å². The number of aromatic nitrogens is 3. The number of amides is 9. The van der Waals surface area contributed by atoms with Crippen LogP contribution in [0.15, 0.2) is 78.3 Å². The first-order chi connectivity index (χ1) is 34.0. The fourth-order valence-corrected chi connectivity index (χ4v) is 6.78. The number of aliphatic imine (C=N–C) groups is 1. The monoisotopic (exact) mass is 986 g/mol. The van der Waals surface area contributed by atoms with E-state index < -0.39 is 103 Å². The molecule has 1 aliphatic rings. The number of aromatic amines is 2. The summed E-state index contributed by atoms with van der Waals surface area (Å²) in [6.07, 6.45) is 7.02. The van der Waals surface area contributed by atoms with E-state index in [1.165, 1.54) is 35.9 Å². The predicted molar refractivity (Wildman–Crippen MR) is 264 cm³/mol. The highest BCUT2D eigenvalue weighted by atomic mass is 16.2. The maximum atomic E-state index is 13.8. The number of guanidine groups is 1. The van der Waals surface area contributed by atoms with Gasteiger partial charge in [-0.1, -0.05) is 62.4 Å². The number of nitrogens with one attached hydrogen (secondary N) is 10. The van der Waals surface area contributed by atoms with E-state index in [-0.39, 0.29) is 31.8 Å². The highest BCUT2D eigenvalue weighted by molar-refractivity contribution is 5.97. The zero-order valence-electron chi connectivity index (χ0n) is 40.2. The van der Waals surface area contributed by atoms with Crippen molar-refractivity contribution in [2.75, 3.05) is 32.7 Å². The zero-order chi connectivity index (χ0) is 52.1. The molecule has 4 aromatic rings. The Hall–Kier alpha value is -8.31. The number of rotatable bonds is 11. The topological polar surface area (TPSA) is 385 Å². The van der Waals surface area contributed by atoms with Crippen LogP contribution in [0.1, 0.15) is 69.7 Å². The van der Waals surface area contributed by atoms with E-state index in [9.17, 15) is 43.2 Å². The number of para-hydroxylation sites is 1. The molecule has 3 unspecified atom stereocenters. The Morgan fingerprint density at radius 2 is 1.45 bits per heavy atom. The van der Waals surface area contributed by atoms with Crippen molar-refractivity contribution in [3.05, 3.63) is 90.1 Å². The van der Waals surface area contributed by atoms with Gasteiger partial charge in [0.15, 0.2) is 5.96 Å². The van der Waals surface area contributed by atoms with Gasteiger partial charge in [-0.15, -0.1) is 0 Å². The minimum atomic E-state index is -1.51. The second kappa shape index (κ2) is 30.9. The molecule has 384 valence electrons. The van der Waals surface area contributed by atoms with E-state index in [1.54, 1.807) is 30.3 Å². The van der Waals surface area contributed by atoms with Gasteiger partial charge in [-0.3, -0.25) is 48.1 Å². The van der Waals surface area contributed by atoms with Gasteiger partial charge in [0.05, 0.1) is 32.4 Å². The molecule has 4 atom stereocenters. The fourth-order valence-electron chi connectivity index (χ4n) is 6.78. The standard InChI is InChI=1S/C33H45N11O9.C10H11N.C4H11N3/c1-19(45)37-16-28(48)42-25-13-26(46)36-10-6-5-9-22(30(34)50)41-29(49)17-38-27(47)15-39-31(51)23(11-20-7-3-2-4-8-20)43-32(52)24(44-33(25)53)12-21-14-35-18-40-21;1-2-8-7-11-10-6-4-3-5-9(8)10;1-2-3-7-4(5)6/h2-4,7-8,14,18,22-25H,5-6,9-13,15-17H2,1H3,(H2,34,50)(H,35,40)(H,36,46)(H,37,45)(H,38,47)(H,39,51)(H,41,49)(H,42,48)(H,43,52)(H,44,53);3-7,11H,2H2,1H3;2-3H2,1H3,(H4,5,6,7)/t22?,23?,24-,25?;;/m0../s1. The number of hydrogen-bond donors (Lipinski definition) is 13. The smallest absolute Gasteiger partial charge is 0.243 e. The average molecular weight is 986 g/mol. The third-order valence-electron chi connectivity index (χ3n) is 10.4. The van der Waals surface area contributed by atoms with Gasteiger partial charge in [-0.2, -0.15) is 0 Å². The summed E-state index contributed by atoms with van der Waals surface area (Å²) in [6.45, 7) is 4.64. The number of carbonyl (C=O) groups is 9. The third kappa shape index (κ3) is 22.1. The van der Waals surface area contributed by atoms with Gasteiger partial charge < -0.3 is 69.7 Å². The molecule has 5 rings (SSSR count). The second-order valence-corrected chi connectivity index (χ2v) is 16.2. The third-order valence-corrected chi connectivity index (χ3v) is 10.4. The van der Waals surface area contributed by atoms with Crippen molar-refractivity contribution in [1.82, 2.24) is 57.5 Å². The second-order valence-electron chi connectivity index (χ2n) is 16.2. The lowest BCUT2D eigenvalue weighted by Crippen LogP contribution is -2.59. The Bertz CT molecular complexity index is 2400. The largest absolute Gasteiger partial charge is 0.370 e. The molecular weight excluding hydrogens is 919 g/mol. The number of carbonyl (C=O) groups excluding carboxylic acids is 9. The van der Waals surface area contributed by atoms with Crippen LogP contribution in [0.5, 0.6) is 0 Å². The van der Waals surface area contributed by atoms with E-state index in [1.807, 2.05) is 6.92 Å². The van der Waals surface area contributed by atoms with Crippen LogP contribution in [0, 0.1) is 0 Å². The van der Waals surface area contributed by atoms with Crippen molar-refractivity contribution in [3.63, 3.8) is 0 Å². The van der Waals surface area contributed by atoms with E-state index >= 15 is 0 Å².